The average Bonchev–Trinajstić information content (AvgIpc) is 3.12. The third-order valence-electron chi connectivity index (χ3n) is 2.77. The molecule has 0 atom stereocenters. The lowest BCUT2D eigenvalue weighted by Gasteiger charge is -2.04. The Balaban J connectivity index is 1.67. The van der Waals surface area contributed by atoms with Crippen LogP contribution >= 0.6 is 11.3 Å². The smallest absolute Gasteiger partial charge is 0.257 e. The van der Waals surface area contributed by atoms with Crippen LogP contribution in [0.2, 0.25) is 0 Å². The summed E-state index contributed by atoms with van der Waals surface area (Å²) in [6.07, 6.45) is 3.14. The van der Waals surface area contributed by atoms with E-state index in [-0.39, 0.29) is 5.91 Å². The van der Waals surface area contributed by atoms with Gasteiger partial charge in [-0.25, -0.2) is 9.67 Å². The fourth-order valence-corrected chi connectivity index (χ4v) is 2.37. The van der Waals surface area contributed by atoms with Gasteiger partial charge in [-0.05, 0) is 24.6 Å². The number of anilines is 1. The summed E-state index contributed by atoms with van der Waals surface area (Å²) in [6, 6.07) is 7.33. The first-order chi connectivity index (χ1) is 10.2. The van der Waals surface area contributed by atoms with Gasteiger partial charge in [-0.2, -0.15) is 5.10 Å². The number of nitrogens with one attached hydrogen (secondary N) is 1. The first kappa shape index (κ1) is 13.4. The maximum Gasteiger partial charge on any atom is 0.257 e. The molecule has 7 nitrogen and oxygen atoms in total. The first-order valence-electron chi connectivity index (χ1n) is 6.23. The number of carbonyl (C=O) groups excluding carboxylic acids is 1. The molecule has 1 amide bonds. The van der Waals surface area contributed by atoms with E-state index in [1.165, 1.54) is 17.7 Å². The van der Waals surface area contributed by atoms with E-state index in [0.29, 0.717) is 17.2 Å². The first-order valence-corrected chi connectivity index (χ1v) is 7.05. The van der Waals surface area contributed by atoms with E-state index in [9.17, 15) is 4.79 Å². The van der Waals surface area contributed by atoms with Crippen molar-refractivity contribution in [1.82, 2.24) is 25.0 Å². The molecule has 0 unspecified atom stereocenters. The molecule has 0 saturated carbocycles. The number of rotatable bonds is 4. The maximum absolute atomic E-state index is 12.1. The summed E-state index contributed by atoms with van der Waals surface area (Å²) in [6.45, 7) is 2.46. The van der Waals surface area contributed by atoms with Gasteiger partial charge in [0.2, 0.25) is 5.13 Å². The highest BCUT2D eigenvalue weighted by atomic mass is 32.1. The second kappa shape index (κ2) is 5.80. The molecule has 0 radical (unpaired) electrons. The highest BCUT2D eigenvalue weighted by molar-refractivity contribution is 7.15. The van der Waals surface area contributed by atoms with Gasteiger partial charge in [0.15, 0.2) is 0 Å². The van der Waals surface area contributed by atoms with E-state index in [1.54, 1.807) is 23.1 Å². The van der Waals surface area contributed by atoms with Crippen LogP contribution in [0.15, 0.2) is 36.9 Å². The standard InChI is InChI=1S/C13H12N6OS/c1-9-17-18-13(21-9)16-12(20)11-4-2-10(3-5-11)6-19-8-14-7-15-19/h2-5,7-8H,6H2,1H3,(H,16,18,20). The van der Waals surface area contributed by atoms with Crippen LogP contribution in [-0.2, 0) is 6.54 Å². The van der Waals surface area contributed by atoms with Crippen LogP contribution in [0, 0.1) is 6.92 Å². The predicted molar refractivity (Wildman–Crippen MR) is 78.2 cm³/mol. The Morgan fingerprint density at radius 2 is 2.10 bits per heavy atom. The zero-order valence-corrected chi connectivity index (χ0v) is 12.0. The number of carbonyl (C=O) groups is 1. The molecular formula is C13H12N6OS. The third kappa shape index (κ3) is 3.29. The minimum atomic E-state index is -0.196. The SMILES string of the molecule is Cc1nnc(NC(=O)c2ccc(Cn3cncn3)cc2)s1. The highest BCUT2D eigenvalue weighted by Gasteiger charge is 2.09. The zero-order valence-electron chi connectivity index (χ0n) is 11.2. The van der Waals surface area contributed by atoms with Gasteiger partial charge in [-0.1, -0.05) is 23.5 Å². The van der Waals surface area contributed by atoms with E-state index >= 15 is 0 Å². The van der Waals surface area contributed by atoms with E-state index in [4.69, 9.17) is 0 Å². The number of amides is 1. The Labute approximate surface area is 124 Å². The zero-order chi connectivity index (χ0) is 14.7. The third-order valence-corrected chi connectivity index (χ3v) is 3.53. The molecule has 2 aromatic heterocycles. The summed E-state index contributed by atoms with van der Waals surface area (Å²) in [4.78, 5) is 15.9. The number of aromatic nitrogens is 5. The van der Waals surface area contributed by atoms with E-state index in [1.807, 2.05) is 19.1 Å². The van der Waals surface area contributed by atoms with Crippen molar-refractivity contribution in [3.05, 3.63) is 53.1 Å². The van der Waals surface area contributed by atoms with Gasteiger partial charge >= 0.3 is 0 Å². The van der Waals surface area contributed by atoms with Crippen molar-refractivity contribution in [2.45, 2.75) is 13.5 Å². The normalized spacial score (nSPS) is 10.5. The second-order valence-electron chi connectivity index (χ2n) is 4.37. The number of hydrogen-bond acceptors (Lipinski definition) is 6. The Hall–Kier alpha value is -2.61. The Morgan fingerprint density at radius 3 is 2.71 bits per heavy atom. The largest absolute Gasteiger partial charge is 0.296 e. The topological polar surface area (TPSA) is 85.6 Å². The van der Waals surface area contributed by atoms with Crippen LogP contribution in [0.25, 0.3) is 0 Å². The summed E-state index contributed by atoms with van der Waals surface area (Å²) in [7, 11) is 0. The summed E-state index contributed by atoms with van der Waals surface area (Å²) >= 11 is 1.34. The molecule has 0 fully saturated rings. The van der Waals surface area contributed by atoms with Gasteiger partial charge in [-0.15, -0.1) is 10.2 Å². The monoisotopic (exact) mass is 300 g/mol. The van der Waals surface area contributed by atoms with Crippen LogP contribution in [-0.4, -0.2) is 30.9 Å². The van der Waals surface area contributed by atoms with Gasteiger partial charge in [-0.3, -0.25) is 10.1 Å². The molecule has 106 valence electrons. The van der Waals surface area contributed by atoms with Crippen LogP contribution in [0.5, 0.6) is 0 Å². The Morgan fingerprint density at radius 1 is 1.29 bits per heavy atom. The molecule has 21 heavy (non-hydrogen) atoms. The fraction of sp³-hybridized carbons (Fsp3) is 0.154. The van der Waals surface area contributed by atoms with Crippen LogP contribution < -0.4 is 5.32 Å². The molecule has 2 heterocycles. The molecule has 3 rings (SSSR count). The minimum Gasteiger partial charge on any atom is -0.296 e. The van der Waals surface area contributed by atoms with E-state index in [0.717, 1.165) is 10.6 Å². The lowest BCUT2D eigenvalue weighted by molar-refractivity contribution is 0.102. The van der Waals surface area contributed by atoms with E-state index in [2.05, 4.69) is 25.6 Å². The Bertz CT molecular complexity index is 734. The number of aryl methyl sites for hydroxylation is 1. The summed E-state index contributed by atoms with van der Waals surface area (Å²) in [5.74, 6) is -0.196. The lowest BCUT2D eigenvalue weighted by Crippen LogP contribution is -2.11. The molecule has 1 aromatic carbocycles. The van der Waals surface area contributed by atoms with Gasteiger partial charge in [0, 0.05) is 5.56 Å². The predicted octanol–water partition coefficient (Wildman–Crippen LogP) is 1.74. The summed E-state index contributed by atoms with van der Waals surface area (Å²) < 4.78 is 1.72. The summed E-state index contributed by atoms with van der Waals surface area (Å²) in [5, 5.41) is 15.8. The number of benzene rings is 1. The molecule has 0 aliphatic heterocycles. The molecule has 0 spiro atoms. The quantitative estimate of drug-likeness (QED) is 0.793. The van der Waals surface area contributed by atoms with Crippen molar-refractivity contribution in [3.8, 4) is 0 Å². The van der Waals surface area contributed by atoms with Crippen LogP contribution in [0.3, 0.4) is 0 Å². The van der Waals surface area contributed by atoms with Gasteiger partial charge in [0.1, 0.15) is 17.7 Å². The van der Waals surface area contributed by atoms with Crippen molar-refractivity contribution in [2.24, 2.45) is 0 Å². The van der Waals surface area contributed by atoms with Gasteiger partial charge < -0.3 is 0 Å². The molecular weight excluding hydrogens is 288 g/mol. The van der Waals surface area contributed by atoms with Gasteiger partial charge in [0.05, 0.1) is 6.54 Å². The molecule has 0 saturated heterocycles. The maximum atomic E-state index is 12.1. The van der Waals surface area contributed by atoms with Crippen LogP contribution in [0.4, 0.5) is 5.13 Å². The molecule has 0 aliphatic rings. The van der Waals surface area contributed by atoms with Crippen molar-refractivity contribution < 1.29 is 4.79 Å². The minimum absolute atomic E-state index is 0.196. The number of hydrogen-bond donors (Lipinski definition) is 1. The molecule has 1 N–H and O–H groups in total. The second-order valence-corrected chi connectivity index (χ2v) is 5.55. The van der Waals surface area contributed by atoms with Crippen LogP contribution in [0.1, 0.15) is 20.9 Å². The Kier molecular flexibility index (Phi) is 3.69. The van der Waals surface area contributed by atoms with Crippen molar-refractivity contribution in [3.63, 3.8) is 0 Å². The van der Waals surface area contributed by atoms with Crippen molar-refractivity contribution >= 4 is 22.4 Å². The molecule has 0 bridgehead atoms. The lowest BCUT2D eigenvalue weighted by atomic mass is 10.1. The molecule has 3 aromatic rings. The van der Waals surface area contributed by atoms with E-state index < -0.39 is 0 Å². The summed E-state index contributed by atoms with van der Waals surface area (Å²) in [5.41, 5.74) is 1.62. The fourth-order valence-electron chi connectivity index (χ4n) is 1.78. The van der Waals surface area contributed by atoms with Gasteiger partial charge in [0.25, 0.3) is 5.91 Å². The molecule has 0 aliphatic carbocycles. The highest BCUT2D eigenvalue weighted by Crippen LogP contribution is 2.15. The average molecular weight is 300 g/mol. The number of nitrogens with zero attached hydrogens (tertiary/aromatic N) is 5. The van der Waals surface area contributed by atoms with Crippen molar-refractivity contribution in [1.29, 1.82) is 0 Å². The molecule has 8 heteroatoms. The van der Waals surface area contributed by atoms with Crippen molar-refractivity contribution in [2.75, 3.05) is 5.32 Å².